The number of phosphoric acid groups is 2. The lowest BCUT2D eigenvalue weighted by atomic mass is 10.0. The zero-order valence-electron chi connectivity index (χ0n) is 67.5. The number of unbranched alkanes of at least 4 members (excludes halogenated alkanes) is 35. The van der Waals surface area contributed by atoms with Crippen molar-refractivity contribution in [2.24, 2.45) is 0 Å². The normalized spacial score (nSPS) is 14.6. The summed E-state index contributed by atoms with van der Waals surface area (Å²) in [5.74, 6) is -1.60. The van der Waals surface area contributed by atoms with E-state index < -0.39 is 91.5 Å². The highest BCUT2D eigenvalue weighted by Gasteiger charge is 2.29. The summed E-state index contributed by atoms with van der Waals surface area (Å²) in [6, 6.07) is 0. The number of ether oxygens (including phenoxy) is 3. The van der Waals surface area contributed by atoms with Crippen molar-refractivity contribution in [2.75, 3.05) is 39.6 Å². The molecule has 4 N–H and O–H groups in total. The molecule has 0 radical (unpaired) electrons. The standard InChI is InChI=1S/C89H154O16P2/c1-4-7-10-13-16-19-22-25-28-30-32-34-36-37-38-39-40-41-42-43-44-45-47-49-50-52-55-57-60-63-66-69-72-75-87(92)99-78-84(90)79-101-106(95,96)102-80-85(91)81-103-107(97,98)104-83-86(105-89(94)77-74-71-68-65-62-59-54-27-24-21-18-15-12-9-6-3)82-100-88(93)76-73-70-67-64-61-58-56-53-51-48-46-35-33-31-29-26-23-20-17-14-11-8-5-2/h9,12,16-21,25-29,32-35,37-38,48,51,54,84-86,90-91H,4-8,10-11,13-15,22-24,30-31,36,39-47,49-50,52-53,55-83H2,1-3H3,(H,95,96)(H,97,98)/b12-9-,19-16-,20-17-,21-18-,28-25-,29-26-,34-32-,35-33-,38-37-,51-48-,54-27-. The van der Waals surface area contributed by atoms with Crippen molar-refractivity contribution < 1.29 is 75.8 Å². The maximum Gasteiger partial charge on any atom is 0.472 e. The lowest BCUT2D eigenvalue weighted by Gasteiger charge is -2.21. The van der Waals surface area contributed by atoms with Crippen LogP contribution >= 0.6 is 15.6 Å². The first-order chi connectivity index (χ1) is 52.2. The molecule has 0 aromatic heterocycles. The van der Waals surface area contributed by atoms with E-state index >= 15 is 0 Å². The highest BCUT2D eigenvalue weighted by atomic mass is 31.2. The van der Waals surface area contributed by atoms with Crippen LogP contribution in [-0.2, 0) is 55.8 Å². The Morgan fingerprint density at radius 3 is 0.785 bits per heavy atom. The Balaban J connectivity index is 4.47. The third-order valence-electron chi connectivity index (χ3n) is 17.8. The molecule has 5 atom stereocenters. The second-order valence-electron chi connectivity index (χ2n) is 28.2. The van der Waals surface area contributed by atoms with Gasteiger partial charge < -0.3 is 34.2 Å². The van der Waals surface area contributed by atoms with E-state index in [0.717, 1.165) is 154 Å². The Hall–Kier alpha value is -4.31. The molecule has 0 bridgehead atoms. The summed E-state index contributed by atoms with van der Waals surface area (Å²) >= 11 is 0. The molecule has 5 unspecified atom stereocenters. The SMILES string of the molecule is CC/C=C\C/C=C\C/C=C\CCCCCCCC(=O)OC(COC(=O)CCCCCCCCC/C=C\C/C=C\C/C=C\C/C=C\CCCCC)COP(=O)(O)OCC(O)COP(=O)(O)OCC(O)COC(=O)CCCCCCCCCCCCCCCCCCC/C=C\C/C=C\C/C=C\C/C=C\CCCCC. The molecule has 0 aromatic rings. The number of rotatable bonds is 80. The van der Waals surface area contributed by atoms with Gasteiger partial charge in [0, 0.05) is 19.3 Å². The summed E-state index contributed by atoms with van der Waals surface area (Å²) in [6.45, 7) is 2.51. The van der Waals surface area contributed by atoms with Crippen molar-refractivity contribution in [1.29, 1.82) is 0 Å². The number of allylic oxidation sites excluding steroid dienone is 22. The zero-order valence-corrected chi connectivity index (χ0v) is 69.3. The molecular formula is C89H154O16P2. The second kappa shape index (κ2) is 81.2. The zero-order chi connectivity index (χ0) is 78.0. The van der Waals surface area contributed by atoms with Crippen molar-refractivity contribution in [1.82, 2.24) is 0 Å². The van der Waals surface area contributed by atoms with Crippen molar-refractivity contribution in [3.63, 3.8) is 0 Å². The summed E-state index contributed by atoms with van der Waals surface area (Å²) < 4.78 is 61.2. The number of carbonyl (C=O) groups is 3. The van der Waals surface area contributed by atoms with Gasteiger partial charge in [-0.05, 0) is 141 Å². The fourth-order valence-electron chi connectivity index (χ4n) is 11.4. The summed E-state index contributed by atoms with van der Waals surface area (Å²) in [4.78, 5) is 58.7. The van der Waals surface area contributed by atoms with Crippen molar-refractivity contribution in [3.8, 4) is 0 Å². The highest BCUT2D eigenvalue weighted by molar-refractivity contribution is 7.47. The predicted molar refractivity (Wildman–Crippen MR) is 445 cm³/mol. The molecule has 0 spiro atoms. The van der Waals surface area contributed by atoms with E-state index in [1.807, 2.05) is 0 Å². The molecule has 0 aliphatic rings. The van der Waals surface area contributed by atoms with Crippen LogP contribution in [0.2, 0.25) is 0 Å². The number of carbonyl (C=O) groups excluding carboxylic acids is 3. The van der Waals surface area contributed by atoms with Crippen molar-refractivity contribution in [3.05, 3.63) is 134 Å². The Morgan fingerprint density at radius 2 is 0.495 bits per heavy atom. The molecule has 0 saturated carbocycles. The van der Waals surface area contributed by atoms with E-state index in [9.17, 15) is 43.5 Å². The third kappa shape index (κ3) is 82.5. The van der Waals surface area contributed by atoms with Crippen LogP contribution in [0.5, 0.6) is 0 Å². The molecule has 0 aliphatic carbocycles. The highest BCUT2D eigenvalue weighted by Crippen LogP contribution is 2.45. The molecular weight excluding hydrogens is 1390 g/mol. The number of hydrogen-bond acceptors (Lipinski definition) is 14. The maximum atomic E-state index is 13.0. The Morgan fingerprint density at radius 1 is 0.271 bits per heavy atom. The molecule has 0 fully saturated rings. The van der Waals surface area contributed by atoms with Crippen LogP contribution in [0.3, 0.4) is 0 Å². The van der Waals surface area contributed by atoms with Gasteiger partial charge in [0.25, 0.3) is 0 Å². The minimum atomic E-state index is -4.94. The Labute approximate surface area is 652 Å². The van der Waals surface area contributed by atoms with Crippen LogP contribution in [0.4, 0.5) is 0 Å². The van der Waals surface area contributed by atoms with Gasteiger partial charge in [-0.25, -0.2) is 9.13 Å². The predicted octanol–water partition coefficient (Wildman–Crippen LogP) is 25.4. The molecule has 0 rings (SSSR count). The minimum Gasteiger partial charge on any atom is -0.463 e. The molecule has 0 aliphatic heterocycles. The Kier molecular flexibility index (Phi) is 77.9. The molecule has 0 heterocycles. The van der Waals surface area contributed by atoms with E-state index in [4.69, 9.17) is 32.3 Å². The summed E-state index contributed by atoms with van der Waals surface area (Å²) in [5, 5.41) is 20.7. The minimum absolute atomic E-state index is 0.0801. The molecule has 0 amide bonds. The van der Waals surface area contributed by atoms with Crippen LogP contribution in [0.1, 0.15) is 355 Å². The monoisotopic (exact) mass is 1540 g/mol. The van der Waals surface area contributed by atoms with E-state index in [2.05, 4.69) is 154 Å². The van der Waals surface area contributed by atoms with E-state index in [0.29, 0.717) is 19.3 Å². The van der Waals surface area contributed by atoms with Gasteiger partial charge in [-0.15, -0.1) is 0 Å². The first-order valence-electron chi connectivity index (χ1n) is 42.5. The van der Waals surface area contributed by atoms with Crippen molar-refractivity contribution in [2.45, 2.75) is 373 Å². The number of aliphatic hydroxyl groups is 2. The van der Waals surface area contributed by atoms with Gasteiger partial charge in [-0.3, -0.25) is 32.5 Å². The van der Waals surface area contributed by atoms with Crippen LogP contribution in [0, 0.1) is 0 Å². The fourth-order valence-corrected chi connectivity index (χ4v) is 13.0. The molecule has 107 heavy (non-hydrogen) atoms. The van der Waals surface area contributed by atoms with Crippen LogP contribution < -0.4 is 0 Å². The maximum absolute atomic E-state index is 13.0. The summed E-state index contributed by atoms with van der Waals surface area (Å²) in [7, 11) is -9.80. The van der Waals surface area contributed by atoms with Crippen molar-refractivity contribution >= 4 is 33.6 Å². The molecule has 0 saturated heterocycles. The van der Waals surface area contributed by atoms with E-state index in [1.165, 1.54) is 141 Å². The Bertz CT molecular complexity index is 2480. The summed E-state index contributed by atoms with van der Waals surface area (Å²) in [6.07, 6.45) is 99.4. The van der Waals surface area contributed by atoms with Gasteiger partial charge in [-0.2, -0.15) is 0 Å². The lowest BCUT2D eigenvalue weighted by molar-refractivity contribution is -0.161. The first-order valence-corrected chi connectivity index (χ1v) is 45.5. The van der Waals surface area contributed by atoms with Gasteiger partial charge in [0.05, 0.1) is 26.4 Å². The van der Waals surface area contributed by atoms with Gasteiger partial charge in [0.2, 0.25) is 0 Å². The number of phosphoric ester groups is 2. The van der Waals surface area contributed by atoms with Crippen LogP contribution in [-0.4, -0.2) is 95.9 Å². The number of aliphatic hydroxyl groups excluding tert-OH is 2. The smallest absolute Gasteiger partial charge is 0.463 e. The summed E-state index contributed by atoms with van der Waals surface area (Å²) in [5.41, 5.74) is 0. The van der Waals surface area contributed by atoms with Gasteiger partial charge in [0.1, 0.15) is 25.4 Å². The van der Waals surface area contributed by atoms with Crippen LogP contribution in [0.25, 0.3) is 0 Å². The lowest BCUT2D eigenvalue weighted by Crippen LogP contribution is -2.30. The topological polar surface area (TPSA) is 231 Å². The van der Waals surface area contributed by atoms with E-state index in [1.54, 1.807) is 0 Å². The molecule has 18 heteroatoms. The van der Waals surface area contributed by atoms with Gasteiger partial charge in [-0.1, -0.05) is 328 Å². The van der Waals surface area contributed by atoms with E-state index in [-0.39, 0.29) is 19.3 Å². The molecule has 0 aromatic carbocycles. The van der Waals surface area contributed by atoms with Gasteiger partial charge in [0.15, 0.2) is 6.10 Å². The molecule has 16 nitrogen and oxygen atoms in total. The number of esters is 3. The first kappa shape index (κ1) is 103. The largest absolute Gasteiger partial charge is 0.472 e. The van der Waals surface area contributed by atoms with Gasteiger partial charge >= 0.3 is 33.6 Å². The number of hydrogen-bond donors (Lipinski definition) is 4. The quantitative estimate of drug-likeness (QED) is 0.0146. The average molecular weight is 1540 g/mol. The second-order valence-corrected chi connectivity index (χ2v) is 31.2. The average Bonchev–Trinajstić information content (AvgIpc) is 0.922. The third-order valence-corrected chi connectivity index (χ3v) is 19.7. The molecule has 616 valence electrons. The fraction of sp³-hybridized carbons (Fsp3) is 0.719. The van der Waals surface area contributed by atoms with Crippen LogP contribution in [0.15, 0.2) is 134 Å².